The van der Waals surface area contributed by atoms with E-state index in [4.69, 9.17) is 0 Å². The molecule has 5 rings (SSSR count). The van der Waals surface area contributed by atoms with Gasteiger partial charge in [0.15, 0.2) is 0 Å². The molecule has 0 heterocycles. The van der Waals surface area contributed by atoms with Crippen LogP contribution in [0.15, 0.2) is 115 Å². The summed E-state index contributed by atoms with van der Waals surface area (Å²) in [5.74, 6) is 0.414. The Morgan fingerprint density at radius 1 is 0.455 bits per heavy atom. The highest BCUT2D eigenvalue weighted by molar-refractivity contribution is 5.70. The molecule has 0 amide bonds. The van der Waals surface area contributed by atoms with Crippen molar-refractivity contribution in [3.63, 3.8) is 0 Å². The van der Waals surface area contributed by atoms with Crippen LogP contribution in [0.2, 0.25) is 0 Å². The van der Waals surface area contributed by atoms with Gasteiger partial charge in [-0.05, 0) is 119 Å². The average Bonchev–Trinajstić information content (AvgIpc) is 2.98. The molecule has 5 nitrogen and oxygen atoms in total. The van der Waals surface area contributed by atoms with E-state index in [1.54, 1.807) is 0 Å². The van der Waals surface area contributed by atoms with E-state index in [-0.39, 0.29) is 10.8 Å². The minimum Gasteiger partial charge on any atom is -0.507 e. The second kappa shape index (κ2) is 12.8. The van der Waals surface area contributed by atoms with Crippen LogP contribution in [0, 0.1) is 0 Å². The van der Waals surface area contributed by atoms with Gasteiger partial charge in [0, 0.05) is 46.4 Å². The Labute approximate surface area is 262 Å². The molecule has 0 bridgehead atoms. The molecule has 0 atom stereocenters. The molecule has 0 aliphatic carbocycles. The Kier molecular flexibility index (Phi) is 8.86. The lowest BCUT2D eigenvalue weighted by Crippen LogP contribution is -2.18. The summed E-state index contributed by atoms with van der Waals surface area (Å²) in [5, 5.41) is 25.0. The fourth-order valence-electron chi connectivity index (χ4n) is 5.15. The monoisotopic (exact) mass is 584 g/mol. The Morgan fingerprint density at radius 2 is 0.841 bits per heavy atom. The molecule has 0 fully saturated rings. The van der Waals surface area contributed by atoms with Gasteiger partial charge >= 0.3 is 0 Å². The Balaban J connectivity index is 1.20. The maximum atomic E-state index is 11.0. The quantitative estimate of drug-likeness (QED) is 0.119. The minimum absolute atomic E-state index is 0.148. The van der Waals surface area contributed by atoms with E-state index in [1.807, 2.05) is 24.3 Å². The van der Waals surface area contributed by atoms with Crippen molar-refractivity contribution in [1.82, 2.24) is 0 Å². The first kappa shape index (κ1) is 30.6. The zero-order chi connectivity index (χ0) is 31.3. The fraction of sp³-hybridized carbons (Fsp3) is 0.231. The van der Waals surface area contributed by atoms with Gasteiger partial charge in [0.1, 0.15) is 5.75 Å². The zero-order valence-corrected chi connectivity index (χ0v) is 26.6. The maximum Gasteiger partial charge on any atom is 0.123 e. The van der Waals surface area contributed by atoms with Crippen LogP contribution >= 0.6 is 0 Å². The molecule has 0 radical (unpaired) electrons. The Bertz CT molecular complexity index is 1650. The third-order valence-corrected chi connectivity index (χ3v) is 7.55. The first-order valence-electron chi connectivity index (χ1n) is 15.2. The van der Waals surface area contributed by atoms with Crippen LogP contribution in [0.1, 0.15) is 58.2 Å². The largest absolute Gasteiger partial charge is 0.507 e. The summed E-state index contributed by atoms with van der Waals surface area (Å²) in [6.07, 6.45) is 0. The molecule has 0 spiro atoms. The number of nitrogens with one attached hydrogen (secondary N) is 4. The molecule has 5 N–H and O–H groups in total. The predicted octanol–water partition coefficient (Wildman–Crippen LogP) is 10.8. The summed E-state index contributed by atoms with van der Waals surface area (Å²) in [7, 11) is 0. The van der Waals surface area contributed by atoms with E-state index < -0.39 is 0 Å². The van der Waals surface area contributed by atoms with Crippen LogP contribution in [0.3, 0.4) is 0 Å². The second-order valence-electron chi connectivity index (χ2n) is 13.4. The van der Waals surface area contributed by atoms with Crippen molar-refractivity contribution in [1.29, 1.82) is 0 Å². The first-order chi connectivity index (χ1) is 20.9. The van der Waals surface area contributed by atoms with Gasteiger partial charge in [-0.25, -0.2) is 0 Å². The van der Waals surface area contributed by atoms with Crippen molar-refractivity contribution in [2.45, 2.75) is 58.9 Å². The van der Waals surface area contributed by atoms with Crippen LogP contribution < -0.4 is 21.3 Å². The number of anilines is 7. The maximum absolute atomic E-state index is 11.0. The molecule has 5 heteroatoms. The van der Waals surface area contributed by atoms with Crippen molar-refractivity contribution in [2.24, 2.45) is 0 Å². The van der Waals surface area contributed by atoms with Crippen molar-refractivity contribution in [3.8, 4) is 5.75 Å². The van der Waals surface area contributed by atoms with E-state index in [0.29, 0.717) is 12.3 Å². The van der Waals surface area contributed by atoms with Crippen LogP contribution in [0.25, 0.3) is 0 Å². The molecule has 0 aliphatic heterocycles. The summed E-state index contributed by atoms with van der Waals surface area (Å²) < 4.78 is 0. The molecule has 5 aromatic carbocycles. The predicted molar refractivity (Wildman–Crippen MR) is 188 cm³/mol. The van der Waals surface area contributed by atoms with Gasteiger partial charge in [-0.2, -0.15) is 0 Å². The number of rotatable bonds is 9. The number of phenols is 1. The third-order valence-electron chi connectivity index (χ3n) is 7.55. The summed E-state index contributed by atoms with van der Waals surface area (Å²) in [4.78, 5) is 0. The number of hydrogen-bond donors (Lipinski definition) is 5. The van der Waals surface area contributed by atoms with Gasteiger partial charge in [0.25, 0.3) is 0 Å². The number of phenolic OH excluding ortho intramolecular Hbond substituents is 1. The standard InChI is InChI=1S/C39H44N4O/c1-38(2,3)35-23-27(24-36(37(35)44)39(4,5)6)26-40-28-15-17-31(18-16-28)42-33-13-10-14-34(25-33)43-32-21-19-30(20-22-32)41-29-11-8-7-9-12-29/h7-25,40-44H,26H2,1-6H3. The smallest absolute Gasteiger partial charge is 0.123 e. The van der Waals surface area contributed by atoms with Crippen molar-refractivity contribution < 1.29 is 5.11 Å². The van der Waals surface area contributed by atoms with E-state index in [0.717, 1.165) is 56.5 Å². The Hall–Kier alpha value is -4.90. The lowest BCUT2D eigenvalue weighted by Gasteiger charge is -2.28. The van der Waals surface area contributed by atoms with E-state index in [1.165, 1.54) is 0 Å². The van der Waals surface area contributed by atoms with E-state index in [9.17, 15) is 5.11 Å². The van der Waals surface area contributed by atoms with Crippen LogP contribution in [-0.2, 0) is 17.4 Å². The van der Waals surface area contributed by atoms with Crippen LogP contribution in [0.5, 0.6) is 5.75 Å². The van der Waals surface area contributed by atoms with Crippen molar-refractivity contribution in [2.75, 3.05) is 21.3 Å². The fourth-order valence-corrected chi connectivity index (χ4v) is 5.15. The molecule has 0 aliphatic rings. The topological polar surface area (TPSA) is 68.3 Å². The van der Waals surface area contributed by atoms with Crippen LogP contribution in [0.4, 0.5) is 39.8 Å². The summed E-state index contributed by atoms with van der Waals surface area (Å²) in [5.41, 5.74) is 10.0. The van der Waals surface area contributed by atoms with E-state index >= 15 is 0 Å². The summed E-state index contributed by atoms with van der Waals surface area (Å²) in [6.45, 7) is 13.5. The summed E-state index contributed by atoms with van der Waals surface area (Å²) in [6, 6.07) is 39.3. The van der Waals surface area contributed by atoms with Gasteiger partial charge in [0.05, 0.1) is 0 Å². The van der Waals surface area contributed by atoms with Crippen molar-refractivity contribution in [3.05, 3.63) is 132 Å². The molecule has 0 aromatic heterocycles. The number of benzene rings is 5. The van der Waals surface area contributed by atoms with Gasteiger partial charge in [-0.3, -0.25) is 0 Å². The highest BCUT2D eigenvalue weighted by Gasteiger charge is 2.26. The molecule has 226 valence electrons. The van der Waals surface area contributed by atoms with Gasteiger partial charge < -0.3 is 26.4 Å². The van der Waals surface area contributed by atoms with E-state index in [2.05, 4.69) is 154 Å². The SMILES string of the molecule is CC(C)(C)c1cc(CNc2ccc(Nc3cccc(Nc4ccc(Nc5ccccc5)cc4)c3)cc2)cc(C(C)(C)C)c1O. The van der Waals surface area contributed by atoms with Gasteiger partial charge in [-0.15, -0.1) is 0 Å². The molecule has 0 saturated carbocycles. The lowest BCUT2D eigenvalue weighted by molar-refractivity contribution is 0.423. The molecule has 0 unspecified atom stereocenters. The average molecular weight is 585 g/mol. The second-order valence-corrected chi connectivity index (χ2v) is 13.4. The number of para-hydroxylation sites is 1. The molecule has 44 heavy (non-hydrogen) atoms. The minimum atomic E-state index is -0.148. The normalized spacial score (nSPS) is 11.6. The Morgan fingerprint density at radius 3 is 1.30 bits per heavy atom. The highest BCUT2D eigenvalue weighted by Crippen LogP contribution is 2.40. The molecular formula is C39H44N4O. The van der Waals surface area contributed by atoms with Gasteiger partial charge in [-0.1, -0.05) is 65.8 Å². The lowest BCUT2D eigenvalue weighted by atomic mass is 9.78. The number of hydrogen-bond acceptors (Lipinski definition) is 5. The van der Waals surface area contributed by atoms with Crippen molar-refractivity contribution >= 4 is 39.8 Å². The third kappa shape index (κ3) is 7.93. The molecular weight excluding hydrogens is 540 g/mol. The zero-order valence-electron chi connectivity index (χ0n) is 26.6. The molecule has 0 saturated heterocycles. The van der Waals surface area contributed by atoms with Crippen LogP contribution in [-0.4, -0.2) is 5.11 Å². The number of aromatic hydroxyl groups is 1. The van der Waals surface area contributed by atoms with Gasteiger partial charge in [0.2, 0.25) is 0 Å². The molecule has 5 aromatic rings. The summed E-state index contributed by atoms with van der Waals surface area (Å²) >= 11 is 0. The first-order valence-corrected chi connectivity index (χ1v) is 15.2. The highest BCUT2D eigenvalue weighted by atomic mass is 16.3.